The molecule has 1 saturated carbocycles. The van der Waals surface area contributed by atoms with Crippen molar-refractivity contribution in [2.24, 2.45) is 11.8 Å². The van der Waals surface area contributed by atoms with Gasteiger partial charge in [-0.05, 0) is 44.3 Å². The van der Waals surface area contributed by atoms with Crippen LogP contribution in [0.15, 0.2) is 30.3 Å². The van der Waals surface area contributed by atoms with Crippen molar-refractivity contribution in [1.82, 2.24) is 10.6 Å². The first-order valence-corrected chi connectivity index (χ1v) is 11.8. The molecule has 1 aromatic rings. The van der Waals surface area contributed by atoms with Gasteiger partial charge in [0.2, 0.25) is 5.91 Å². The highest BCUT2D eigenvalue weighted by Crippen LogP contribution is 2.39. The third kappa shape index (κ3) is 7.63. The molecule has 174 valence electrons. The Bertz CT molecular complexity index is 691. The number of methoxy groups -OCH3 is 1. The van der Waals surface area contributed by atoms with E-state index in [-0.39, 0.29) is 11.3 Å². The van der Waals surface area contributed by atoms with Gasteiger partial charge in [-0.3, -0.25) is 4.79 Å². The van der Waals surface area contributed by atoms with Gasteiger partial charge in [-0.2, -0.15) is 0 Å². The van der Waals surface area contributed by atoms with E-state index in [1.54, 1.807) is 0 Å². The molecule has 0 aromatic heterocycles. The monoisotopic (exact) mass is 472 g/mol. The molecule has 6 atom stereocenters. The molecule has 31 heavy (non-hydrogen) atoms. The van der Waals surface area contributed by atoms with Crippen molar-refractivity contribution in [1.29, 1.82) is 0 Å². The number of alkyl halides is 2. The van der Waals surface area contributed by atoms with E-state index in [4.69, 9.17) is 27.9 Å². The number of amides is 1. The Morgan fingerprint density at radius 1 is 1.19 bits per heavy atom. The van der Waals surface area contributed by atoms with Gasteiger partial charge < -0.3 is 20.5 Å². The SMILES string of the molecule is CNCCCCCC1C(Cl)CC(C(=O)N[C@@H](Cc2ccccc2)C(=O)OC)C(O)C1Cl. The topological polar surface area (TPSA) is 87.7 Å². The van der Waals surface area contributed by atoms with Gasteiger partial charge in [0.15, 0.2) is 0 Å². The number of aliphatic hydroxyl groups is 1. The molecule has 5 unspecified atom stereocenters. The summed E-state index contributed by atoms with van der Waals surface area (Å²) in [7, 11) is 3.21. The van der Waals surface area contributed by atoms with Crippen LogP contribution in [0.5, 0.6) is 0 Å². The lowest BCUT2D eigenvalue weighted by Crippen LogP contribution is -2.54. The van der Waals surface area contributed by atoms with Crippen molar-refractivity contribution in [2.75, 3.05) is 20.7 Å². The Morgan fingerprint density at radius 2 is 1.90 bits per heavy atom. The van der Waals surface area contributed by atoms with Gasteiger partial charge in [-0.25, -0.2) is 4.79 Å². The van der Waals surface area contributed by atoms with E-state index in [0.717, 1.165) is 37.8 Å². The number of aliphatic hydroxyl groups excluding tert-OH is 1. The van der Waals surface area contributed by atoms with Crippen LogP contribution >= 0.6 is 23.2 Å². The molecule has 8 heteroatoms. The fraction of sp³-hybridized carbons (Fsp3) is 0.652. The maximum Gasteiger partial charge on any atom is 0.328 e. The van der Waals surface area contributed by atoms with Gasteiger partial charge in [-0.15, -0.1) is 23.2 Å². The number of carbonyl (C=O) groups is 2. The fourth-order valence-corrected chi connectivity index (χ4v) is 5.18. The number of unbranched alkanes of at least 4 members (excludes halogenated alkanes) is 2. The predicted molar refractivity (Wildman–Crippen MR) is 123 cm³/mol. The molecule has 0 radical (unpaired) electrons. The number of hydrogen-bond donors (Lipinski definition) is 3. The van der Waals surface area contributed by atoms with E-state index in [1.165, 1.54) is 7.11 Å². The Kier molecular flexibility index (Phi) is 11.1. The largest absolute Gasteiger partial charge is 0.467 e. The minimum atomic E-state index is -1.02. The van der Waals surface area contributed by atoms with Crippen molar-refractivity contribution in [3.63, 3.8) is 0 Å². The number of halogens is 2. The molecule has 1 aliphatic rings. The summed E-state index contributed by atoms with van der Waals surface area (Å²) in [6.07, 6.45) is 3.52. The van der Waals surface area contributed by atoms with Gasteiger partial charge in [0.1, 0.15) is 6.04 Å². The summed E-state index contributed by atoms with van der Waals surface area (Å²) in [4.78, 5) is 25.2. The van der Waals surface area contributed by atoms with Crippen molar-refractivity contribution >= 4 is 35.1 Å². The Balaban J connectivity index is 1.97. The molecule has 0 bridgehead atoms. The summed E-state index contributed by atoms with van der Waals surface area (Å²) in [6, 6.07) is 8.52. The van der Waals surface area contributed by atoms with Crippen LogP contribution in [0.2, 0.25) is 0 Å². The number of rotatable bonds is 11. The normalized spacial score (nSPS) is 26.8. The van der Waals surface area contributed by atoms with Crippen LogP contribution in [0.3, 0.4) is 0 Å². The van der Waals surface area contributed by atoms with Crippen molar-refractivity contribution in [2.45, 2.75) is 61.4 Å². The van der Waals surface area contributed by atoms with E-state index >= 15 is 0 Å². The maximum absolute atomic E-state index is 13.0. The molecule has 6 nitrogen and oxygen atoms in total. The summed E-state index contributed by atoms with van der Waals surface area (Å²) in [5.41, 5.74) is 0.895. The predicted octanol–water partition coefficient (Wildman–Crippen LogP) is 2.88. The third-order valence-corrected chi connectivity index (χ3v) is 7.06. The quantitative estimate of drug-likeness (QED) is 0.261. The molecule has 1 aliphatic carbocycles. The summed E-state index contributed by atoms with van der Waals surface area (Å²) in [6.45, 7) is 0.967. The highest BCUT2D eigenvalue weighted by Gasteiger charge is 2.45. The number of carbonyl (C=O) groups excluding carboxylic acids is 2. The Morgan fingerprint density at radius 3 is 2.55 bits per heavy atom. The van der Waals surface area contributed by atoms with Crippen LogP contribution in [-0.4, -0.2) is 60.6 Å². The second-order valence-corrected chi connectivity index (χ2v) is 9.25. The molecule has 2 rings (SSSR count). The molecular formula is C23H34Cl2N2O4. The zero-order chi connectivity index (χ0) is 22.8. The van der Waals surface area contributed by atoms with E-state index < -0.39 is 35.3 Å². The van der Waals surface area contributed by atoms with Crippen molar-refractivity contribution in [3.05, 3.63) is 35.9 Å². The van der Waals surface area contributed by atoms with Crippen LogP contribution in [0.25, 0.3) is 0 Å². The number of hydrogen-bond acceptors (Lipinski definition) is 5. The lowest BCUT2D eigenvalue weighted by molar-refractivity contribution is -0.146. The Labute approximate surface area is 195 Å². The first kappa shape index (κ1) is 25.9. The van der Waals surface area contributed by atoms with Crippen molar-refractivity contribution in [3.8, 4) is 0 Å². The summed E-state index contributed by atoms with van der Waals surface area (Å²) in [5, 5.41) is 15.7. The van der Waals surface area contributed by atoms with Gasteiger partial charge in [0.25, 0.3) is 0 Å². The zero-order valence-electron chi connectivity index (χ0n) is 18.2. The first-order chi connectivity index (χ1) is 14.9. The number of esters is 1. The highest BCUT2D eigenvalue weighted by molar-refractivity contribution is 6.24. The molecule has 0 heterocycles. The molecule has 0 saturated heterocycles. The van der Waals surface area contributed by atoms with Crippen molar-refractivity contribution < 1.29 is 19.4 Å². The van der Waals surface area contributed by atoms with Gasteiger partial charge in [0, 0.05) is 11.8 Å². The average molecular weight is 473 g/mol. The lowest BCUT2D eigenvalue weighted by atomic mass is 9.76. The molecule has 0 aliphatic heterocycles. The van der Waals surface area contributed by atoms with Crippen LogP contribution in [-0.2, 0) is 20.7 Å². The molecule has 3 N–H and O–H groups in total. The molecule has 0 spiro atoms. The van der Waals surface area contributed by atoms with E-state index in [0.29, 0.717) is 12.8 Å². The minimum Gasteiger partial charge on any atom is -0.467 e. The fourth-order valence-electron chi connectivity index (χ4n) is 4.16. The molecular weight excluding hydrogens is 439 g/mol. The molecule has 1 aromatic carbocycles. The minimum absolute atomic E-state index is 0.0577. The molecule has 1 amide bonds. The lowest BCUT2D eigenvalue weighted by Gasteiger charge is -2.40. The standard InChI is InChI=1S/C23H34Cl2N2O4/c1-26-12-8-4-7-11-16-18(24)14-17(21(28)20(16)25)22(29)27-19(23(30)31-2)13-15-9-5-3-6-10-15/h3,5-6,9-10,16-21,26,28H,4,7-8,11-14H2,1-2H3,(H,27,29)/t16?,17?,18?,19-,20?,21?/m0/s1. The summed E-state index contributed by atoms with van der Waals surface area (Å²) in [5.74, 6) is -1.79. The number of ether oxygens (including phenoxy) is 1. The second kappa shape index (κ2) is 13.3. The Hall–Kier alpha value is -1.34. The van der Waals surface area contributed by atoms with E-state index in [9.17, 15) is 14.7 Å². The van der Waals surface area contributed by atoms with E-state index in [1.807, 2.05) is 37.4 Å². The first-order valence-electron chi connectivity index (χ1n) is 10.9. The average Bonchev–Trinajstić information content (AvgIpc) is 2.77. The maximum atomic E-state index is 13.0. The molecule has 1 fully saturated rings. The van der Waals surface area contributed by atoms with Crippen LogP contribution in [0.4, 0.5) is 0 Å². The van der Waals surface area contributed by atoms with Crippen LogP contribution in [0.1, 0.15) is 37.7 Å². The van der Waals surface area contributed by atoms with Gasteiger partial charge >= 0.3 is 5.97 Å². The highest BCUT2D eigenvalue weighted by atomic mass is 35.5. The third-order valence-electron chi connectivity index (χ3n) is 5.98. The van der Waals surface area contributed by atoms with Crippen LogP contribution < -0.4 is 10.6 Å². The summed E-state index contributed by atoms with van der Waals surface area (Å²) >= 11 is 13.1. The summed E-state index contributed by atoms with van der Waals surface area (Å²) < 4.78 is 4.86. The van der Waals surface area contributed by atoms with E-state index in [2.05, 4.69) is 10.6 Å². The van der Waals surface area contributed by atoms with Gasteiger partial charge in [0.05, 0.1) is 24.5 Å². The smallest absolute Gasteiger partial charge is 0.328 e. The zero-order valence-corrected chi connectivity index (χ0v) is 19.7. The van der Waals surface area contributed by atoms with Crippen LogP contribution in [0, 0.1) is 11.8 Å². The number of benzene rings is 1. The second-order valence-electron chi connectivity index (χ2n) is 8.18. The number of nitrogens with one attached hydrogen (secondary N) is 2. The van der Waals surface area contributed by atoms with Gasteiger partial charge in [-0.1, -0.05) is 43.2 Å².